The Morgan fingerprint density at radius 2 is 2.21 bits per heavy atom. The lowest BCUT2D eigenvalue weighted by atomic mass is 10.1. The van der Waals surface area contributed by atoms with Crippen LogP contribution in [0.3, 0.4) is 0 Å². The summed E-state index contributed by atoms with van der Waals surface area (Å²) in [5, 5.41) is 5.73. The van der Waals surface area contributed by atoms with Gasteiger partial charge < -0.3 is 10.1 Å². The summed E-state index contributed by atoms with van der Waals surface area (Å²) in [7, 11) is 1.70. The van der Waals surface area contributed by atoms with Gasteiger partial charge in [0.05, 0.1) is 7.11 Å². The van der Waals surface area contributed by atoms with Crippen molar-refractivity contribution in [1.29, 1.82) is 0 Å². The molecule has 1 aromatic carbocycles. The fourth-order valence-corrected chi connectivity index (χ4v) is 3.25. The minimum atomic E-state index is 0.415. The molecule has 1 N–H and O–H groups in total. The second-order valence-electron chi connectivity index (χ2n) is 4.31. The van der Waals surface area contributed by atoms with Crippen LogP contribution in [0.15, 0.2) is 40.2 Å². The normalized spacial score (nSPS) is 12.4. The molecule has 0 radical (unpaired) electrons. The van der Waals surface area contributed by atoms with Crippen LogP contribution < -0.4 is 10.1 Å². The van der Waals surface area contributed by atoms with Crippen molar-refractivity contribution in [3.63, 3.8) is 0 Å². The van der Waals surface area contributed by atoms with Crippen LogP contribution >= 0.6 is 27.3 Å². The fourth-order valence-electron chi connectivity index (χ4n) is 1.98. The van der Waals surface area contributed by atoms with Crippen molar-refractivity contribution in [2.24, 2.45) is 0 Å². The molecule has 0 aliphatic rings. The van der Waals surface area contributed by atoms with Crippen LogP contribution in [0.25, 0.3) is 0 Å². The van der Waals surface area contributed by atoms with Crippen LogP contribution in [0.1, 0.15) is 29.8 Å². The van der Waals surface area contributed by atoms with Gasteiger partial charge in [-0.1, -0.05) is 28.9 Å². The molecule has 1 heterocycles. The van der Waals surface area contributed by atoms with Crippen LogP contribution in [-0.4, -0.2) is 7.11 Å². The summed E-state index contributed by atoms with van der Waals surface area (Å²) in [6.45, 7) is 3.03. The number of thiophene rings is 1. The summed E-state index contributed by atoms with van der Waals surface area (Å²) in [5.41, 5.74) is 1.22. The van der Waals surface area contributed by atoms with Crippen LogP contribution in [0.4, 0.5) is 0 Å². The maximum absolute atomic E-state index is 5.27. The van der Waals surface area contributed by atoms with E-state index in [4.69, 9.17) is 4.74 Å². The highest BCUT2D eigenvalue weighted by Gasteiger charge is 2.10. The Morgan fingerprint density at radius 1 is 1.37 bits per heavy atom. The molecule has 102 valence electrons. The molecule has 2 nitrogen and oxygen atoms in total. The highest BCUT2D eigenvalue weighted by atomic mass is 79.9. The van der Waals surface area contributed by atoms with Crippen LogP contribution in [0.2, 0.25) is 0 Å². The molecule has 19 heavy (non-hydrogen) atoms. The number of nitrogens with one attached hydrogen (secondary N) is 1. The number of hydrogen-bond acceptors (Lipinski definition) is 3. The van der Waals surface area contributed by atoms with Crippen LogP contribution in [0, 0.1) is 0 Å². The predicted molar refractivity (Wildman–Crippen MR) is 84.9 cm³/mol. The van der Waals surface area contributed by atoms with E-state index in [0.29, 0.717) is 6.04 Å². The SMILES string of the molecule is CCC(NCc1cc(OC)ccc1Br)c1cccs1. The molecular formula is C15H18BrNOS. The first-order valence-corrected chi connectivity index (χ1v) is 8.01. The van der Waals surface area contributed by atoms with Crippen LogP contribution in [-0.2, 0) is 6.54 Å². The zero-order valence-corrected chi connectivity index (χ0v) is 13.6. The molecule has 0 bridgehead atoms. The summed E-state index contributed by atoms with van der Waals surface area (Å²) in [6, 6.07) is 10.8. The molecule has 0 spiro atoms. The van der Waals surface area contributed by atoms with Crippen molar-refractivity contribution in [2.75, 3.05) is 7.11 Å². The average Bonchev–Trinajstić information content (AvgIpc) is 2.95. The first-order chi connectivity index (χ1) is 9.24. The smallest absolute Gasteiger partial charge is 0.119 e. The molecule has 4 heteroatoms. The Hall–Kier alpha value is -0.840. The zero-order chi connectivity index (χ0) is 13.7. The lowest BCUT2D eigenvalue weighted by Gasteiger charge is -2.16. The monoisotopic (exact) mass is 339 g/mol. The molecule has 0 aliphatic heterocycles. The Kier molecular flexibility index (Phi) is 5.43. The first kappa shape index (κ1) is 14.6. The Morgan fingerprint density at radius 3 is 2.84 bits per heavy atom. The lowest BCUT2D eigenvalue weighted by molar-refractivity contribution is 0.413. The van der Waals surface area contributed by atoms with Crippen molar-refractivity contribution in [3.05, 3.63) is 50.6 Å². The highest BCUT2D eigenvalue weighted by Crippen LogP contribution is 2.25. The van der Waals surface area contributed by atoms with Crippen LogP contribution in [0.5, 0.6) is 5.75 Å². The third-order valence-corrected chi connectivity index (χ3v) is 4.85. The number of hydrogen-bond donors (Lipinski definition) is 1. The van der Waals surface area contributed by atoms with Gasteiger partial charge >= 0.3 is 0 Å². The van der Waals surface area contributed by atoms with E-state index in [-0.39, 0.29) is 0 Å². The lowest BCUT2D eigenvalue weighted by Crippen LogP contribution is -2.19. The standard InChI is InChI=1S/C15H18BrNOS/c1-3-14(15-5-4-8-19-15)17-10-11-9-12(18-2)6-7-13(11)16/h4-9,14,17H,3,10H2,1-2H3. The minimum Gasteiger partial charge on any atom is -0.497 e. The van der Waals surface area contributed by atoms with E-state index in [1.807, 2.05) is 12.1 Å². The van der Waals surface area contributed by atoms with Gasteiger partial charge in [-0.25, -0.2) is 0 Å². The molecule has 0 saturated heterocycles. The van der Waals surface area contributed by atoms with Crippen molar-refractivity contribution < 1.29 is 4.74 Å². The third kappa shape index (κ3) is 3.81. The van der Waals surface area contributed by atoms with E-state index in [1.165, 1.54) is 10.4 Å². The van der Waals surface area contributed by atoms with Crippen molar-refractivity contribution in [1.82, 2.24) is 5.32 Å². The van der Waals surface area contributed by atoms with Gasteiger partial charge in [0.1, 0.15) is 5.75 Å². The summed E-state index contributed by atoms with van der Waals surface area (Å²) in [6.07, 6.45) is 1.09. The summed E-state index contributed by atoms with van der Waals surface area (Å²) < 4.78 is 6.38. The molecule has 1 aromatic heterocycles. The van der Waals surface area contributed by atoms with Crippen molar-refractivity contribution in [3.8, 4) is 5.75 Å². The van der Waals surface area contributed by atoms with E-state index in [1.54, 1.807) is 18.4 Å². The predicted octanol–water partition coefficient (Wildman–Crippen LogP) is 4.76. The number of rotatable bonds is 6. The molecule has 0 fully saturated rings. The van der Waals surface area contributed by atoms with Crippen molar-refractivity contribution in [2.45, 2.75) is 25.9 Å². The highest BCUT2D eigenvalue weighted by molar-refractivity contribution is 9.10. The third-order valence-electron chi connectivity index (χ3n) is 3.09. The average molecular weight is 340 g/mol. The van der Waals surface area contributed by atoms with E-state index in [2.05, 4.69) is 51.7 Å². The number of halogens is 1. The summed E-state index contributed by atoms with van der Waals surface area (Å²) >= 11 is 5.39. The minimum absolute atomic E-state index is 0.415. The molecule has 0 aliphatic carbocycles. The van der Waals surface area contributed by atoms with Gasteiger partial charge in [-0.2, -0.15) is 0 Å². The van der Waals surface area contributed by atoms with Gasteiger partial charge in [0.2, 0.25) is 0 Å². The molecule has 2 rings (SSSR count). The maximum Gasteiger partial charge on any atom is 0.119 e. The molecule has 2 aromatic rings. The molecule has 1 unspecified atom stereocenters. The van der Waals surface area contributed by atoms with Gasteiger partial charge in [-0.05, 0) is 41.6 Å². The largest absolute Gasteiger partial charge is 0.497 e. The quantitative estimate of drug-likeness (QED) is 0.819. The number of methoxy groups -OCH3 is 1. The van der Waals surface area contributed by atoms with Gasteiger partial charge in [0, 0.05) is 21.9 Å². The maximum atomic E-state index is 5.27. The molecular weight excluding hydrogens is 322 g/mol. The van der Waals surface area contributed by atoms with E-state index < -0.39 is 0 Å². The van der Waals surface area contributed by atoms with Gasteiger partial charge in [0.25, 0.3) is 0 Å². The molecule has 0 saturated carbocycles. The topological polar surface area (TPSA) is 21.3 Å². The van der Waals surface area contributed by atoms with E-state index >= 15 is 0 Å². The second-order valence-corrected chi connectivity index (χ2v) is 6.15. The van der Waals surface area contributed by atoms with E-state index in [9.17, 15) is 0 Å². The summed E-state index contributed by atoms with van der Waals surface area (Å²) in [4.78, 5) is 1.39. The number of benzene rings is 1. The second kappa shape index (κ2) is 7.08. The van der Waals surface area contributed by atoms with Crippen molar-refractivity contribution >= 4 is 27.3 Å². The van der Waals surface area contributed by atoms with Gasteiger partial charge in [-0.3, -0.25) is 0 Å². The Labute approximate surface area is 126 Å². The van der Waals surface area contributed by atoms with Gasteiger partial charge in [0.15, 0.2) is 0 Å². The molecule has 1 atom stereocenters. The Bertz CT molecular complexity index is 513. The zero-order valence-electron chi connectivity index (χ0n) is 11.2. The number of ether oxygens (including phenoxy) is 1. The first-order valence-electron chi connectivity index (χ1n) is 6.33. The summed E-state index contributed by atoms with van der Waals surface area (Å²) in [5.74, 6) is 0.893. The Balaban J connectivity index is 2.05. The molecule has 0 amide bonds. The van der Waals surface area contributed by atoms with E-state index in [0.717, 1.165) is 23.2 Å². The fraction of sp³-hybridized carbons (Fsp3) is 0.333. The van der Waals surface area contributed by atoms with Gasteiger partial charge in [-0.15, -0.1) is 11.3 Å².